The number of hydrogen-bond donors (Lipinski definition) is 4. The van der Waals surface area contributed by atoms with E-state index in [1.807, 2.05) is 0 Å². The van der Waals surface area contributed by atoms with E-state index in [9.17, 15) is 9.59 Å². The van der Waals surface area contributed by atoms with Crippen molar-refractivity contribution in [2.24, 2.45) is 0 Å². The van der Waals surface area contributed by atoms with Crippen LogP contribution in [0, 0.1) is 0 Å². The average molecular weight is 372 g/mol. The molecule has 0 saturated heterocycles. The Balaban J connectivity index is 2.91. The quantitative estimate of drug-likeness (QED) is 0.590. The van der Waals surface area contributed by atoms with Gasteiger partial charge in [-0.25, -0.2) is 9.59 Å². The summed E-state index contributed by atoms with van der Waals surface area (Å²) in [7, 11) is 3.93. The molecule has 0 saturated carbocycles. The highest BCUT2D eigenvalue weighted by atomic mass is 32.1. The summed E-state index contributed by atoms with van der Waals surface area (Å²) in [6, 6.07) is 4.94. The van der Waals surface area contributed by atoms with Crippen LogP contribution >= 0.6 is 24.4 Å². The Morgan fingerprint density at radius 3 is 1.83 bits per heavy atom. The molecule has 4 N–H and O–H groups in total. The van der Waals surface area contributed by atoms with Crippen LogP contribution in [0.2, 0.25) is 0 Å². The Kier molecular flexibility index (Phi) is 7.65. The summed E-state index contributed by atoms with van der Waals surface area (Å²) in [5.74, 6) is 0.538. The van der Waals surface area contributed by atoms with Crippen molar-refractivity contribution in [2.75, 3.05) is 32.0 Å². The smallest absolute Gasteiger partial charge is 0.413 e. The van der Waals surface area contributed by atoms with Crippen LogP contribution in [0.4, 0.5) is 21.0 Å². The molecule has 9 nitrogen and oxygen atoms in total. The summed E-state index contributed by atoms with van der Waals surface area (Å²) in [5.41, 5.74) is 0.927. The minimum absolute atomic E-state index is 0.00463. The second-order valence-electron chi connectivity index (χ2n) is 4.05. The van der Waals surface area contributed by atoms with Gasteiger partial charge in [0.1, 0.15) is 5.75 Å². The Bertz CT molecular complexity index is 653. The van der Waals surface area contributed by atoms with Gasteiger partial charge in [-0.05, 0) is 36.6 Å². The van der Waals surface area contributed by atoms with Gasteiger partial charge < -0.3 is 24.8 Å². The molecule has 130 valence electrons. The van der Waals surface area contributed by atoms with Crippen LogP contribution in [-0.2, 0) is 9.47 Å². The molecule has 0 bridgehead atoms. The molecule has 2 amide bonds. The maximum atomic E-state index is 11.2. The number of carbonyl (C=O) groups excluding carboxylic acids is 2. The molecule has 0 fully saturated rings. The molecular weight excluding hydrogens is 356 g/mol. The highest BCUT2D eigenvalue weighted by Gasteiger charge is 2.11. The van der Waals surface area contributed by atoms with Gasteiger partial charge in [-0.1, -0.05) is 0 Å². The van der Waals surface area contributed by atoms with Gasteiger partial charge in [-0.3, -0.25) is 10.6 Å². The van der Waals surface area contributed by atoms with Crippen LogP contribution in [0.25, 0.3) is 0 Å². The van der Waals surface area contributed by atoms with E-state index in [1.54, 1.807) is 18.2 Å². The summed E-state index contributed by atoms with van der Waals surface area (Å²) in [6.07, 6.45) is -1.42. The number of thiocarbonyl (C=S) groups is 2. The lowest BCUT2D eigenvalue weighted by molar-refractivity contribution is 0.176. The van der Waals surface area contributed by atoms with Crippen molar-refractivity contribution in [2.45, 2.75) is 0 Å². The molecular formula is C13H16N4O5S2. The zero-order valence-electron chi connectivity index (χ0n) is 13.1. The van der Waals surface area contributed by atoms with Gasteiger partial charge in [-0.15, -0.1) is 0 Å². The maximum Gasteiger partial charge on any atom is 0.413 e. The number of anilines is 2. The molecule has 0 aliphatic rings. The first-order valence-electron chi connectivity index (χ1n) is 6.39. The highest BCUT2D eigenvalue weighted by Crippen LogP contribution is 2.27. The summed E-state index contributed by atoms with van der Waals surface area (Å²) < 4.78 is 14.0. The number of benzene rings is 1. The number of methoxy groups -OCH3 is 3. The van der Waals surface area contributed by atoms with Crippen LogP contribution < -0.4 is 26.0 Å². The zero-order chi connectivity index (χ0) is 18.1. The third-order valence-electron chi connectivity index (χ3n) is 2.53. The van der Waals surface area contributed by atoms with E-state index in [4.69, 9.17) is 29.2 Å². The van der Waals surface area contributed by atoms with E-state index in [0.717, 1.165) is 0 Å². The number of ether oxygens (including phenoxy) is 3. The van der Waals surface area contributed by atoms with Crippen molar-refractivity contribution >= 4 is 58.2 Å². The Labute approximate surface area is 149 Å². The second-order valence-corrected chi connectivity index (χ2v) is 4.87. The molecule has 0 atom stereocenters. The van der Waals surface area contributed by atoms with Crippen molar-refractivity contribution < 1.29 is 23.8 Å². The third kappa shape index (κ3) is 6.22. The molecule has 0 radical (unpaired) electrons. The first kappa shape index (κ1) is 19.4. The molecule has 0 aliphatic heterocycles. The van der Waals surface area contributed by atoms with Crippen molar-refractivity contribution in [1.29, 1.82) is 0 Å². The number of rotatable bonds is 3. The molecule has 1 aromatic rings. The molecule has 0 aromatic heterocycles. The van der Waals surface area contributed by atoms with E-state index in [2.05, 4.69) is 30.7 Å². The first-order chi connectivity index (χ1) is 11.4. The molecule has 0 aliphatic carbocycles. The first-order valence-corrected chi connectivity index (χ1v) is 7.21. The van der Waals surface area contributed by atoms with Gasteiger partial charge >= 0.3 is 12.2 Å². The maximum absolute atomic E-state index is 11.2. The Hall–Kier alpha value is -2.66. The van der Waals surface area contributed by atoms with Crippen molar-refractivity contribution in [1.82, 2.24) is 10.6 Å². The van der Waals surface area contributed by atoms with Crippen LogP contribution in [0.1, 0.15) is 0 Å². The minimum Gasteiger partial charge on any atom is -0.497 e. The molecule has 0 spiro atoms. The van der Waals surface area contributed by atoms with Gasteiger partial charge in [0.2, 0.25) is 0 Å². The van der Waals surface area contributed by atoms with E-state index in [1.165, 1.54) is 21.3 Å². The SMILES string of the molecule is COC(=O)NC(=S)Nc1ccc(OC)cc1NC(=S)NC(=O)OC. The van der Waals surface area contributed by atoms with Crippen molar-refractivity contribution in [3.63, 3.8) is 0 Å². The second kappa shape index (κ2) is 9.47. The van der Waals surface area contributed by atoms with Gasteiger partial charge in [0.15, 0.2) is 10.2 Å². The fraction of sp³-hybridized carbons (Fsp3) is 0.231. The number of alkyl carbamates (subject to hydrolysis) is 2. The molecule has 24 heavy (non-hydrogen) atoms. The fourth-order valence-electron chi connectivity index (χ4n) is 1.46. The largest absolute Gasteiger partial charge is 0.497 e. The number of hydrogen-bond acceptors (Lipinski definition) is 7. The van der Waals surface area contributed by atoms with E-state index in [0.29, 0.717) is 17.1 Å². The monoisotopic (exact) mass is 372 g/mol. The Morgan fingerprint density at radius 2 is 1.38 bits per heavy atom. The average Bonchev–Trinajstić information content (AvgIpc) is 2.55. The van der Waals surface area contributed by atoms with Crippen molar-refractivity contribution in [3.8, 4) is 5.75 Å². The zero-order valence-corrected chi connectivity index (χ0v) is 14.7. The summed E-state index contributed by atoms with van der Waals surface area (Å²) in [6.45, 7) is 0. The van der Waals surface area contributed by atoms with E-state index >= 15 is 0 Å². The van der Waals surface area contributed by atoms with E-state index < -0.39 is 12.2 Å². The van der Waals surface area contributed by atoms with Crippen LogP contribution in [0.3, 0.4) is 0 Å². The standard InChI is InChI=1S/C13H16N4O5S2/c1-20-7-4-5-8(14-10(23)16-12(18)21-2)9(6-7)15-11(24)17-13(19)22-3/h4-6H,1-3H3,(H2,14,16,18,23)(H2,15,17,19,24). The number of nitrogens with one attached hydrogen (secondary N) is 4. The van der Waals surface area contributed by atoms with Gasteiger partial charge in [0.05, 0.1) is 32.7 Å². The molecule has 1 aromatic carbocycles. The van der Waals surface area contributed by atoms with Crippen molar-refractivity contribution in [3.05, 3.63) is 18.2 Å². The third-order valence-corrected chi connectivity index (χ3v) is 2.93. The lowest BCUT2D eigenvalue weighted by Gasteiger charge is -2.16. The molecule has 0 heterocycles. The number of carbonyl (C=O) groups is 2. The molecule has 11 heteroatoms. The van der Waals surface area contributed by atoms with Gasteiger partial charge in [0.25, 0.3) is 0 Å². The Morgan fingerprint density at radius 1 is 0.875 bits per heavy atom. The van der Waals surface area contributed by atoms with Crippen LogP contribution in [-0.4, -0.2) is 43.7 Å². The summed E-state index contributed by atoms with van der Waals surface area (Å²) in [4.78, 5) is 22.3. The van der Waals surface area contributed by atoms with Gasteiger partial charge in [0, 0.05) is 6.07 Å². The van der Waals surface area contributed by atoms with Gasteiger partial charge in [-0.2, -0.15) is 0 Å². The normalized spacial score (nSPS) is 9.29. The highest BCUT2D eigenvalue weighted by molar-refractivity contribution is 7.80. The summed E-state index contributed by atoms with van der Waals surface area (Å²) >= 11 is 10.0. The molecule has 0 unspecified atom stereocenters. The summed E-state index contributed by atoms with van der Waals surface area (Å²) in [5, 5.41) is 10.2. The predicted molar refractivity (Wildman–Crippen MR) is 96.5 cm³/mol. The van der Waals surface area contributed by atoms with Crippen LogP contribution in [0.15, 0.2) is 18.2 Å². The minimum atomic E-state index is -0.715. The number of amides is 2. The van der Waals surface area contributed by atoms with E-state index in [-0.39, 0.29) is 10.2 Å². The van der Waals surface area contributed by atoms with Crippen LogP contribution in [0.5, 0.6) is 5.75 Å². The fourth-order valence-corrected chi connectivity index (χ4v) is 1.84. The predicted octanol–water partition coefficient (Wildman–Crippen LogP) is 1.80. The lowest BCUT2D eigenvalue weighted by atomic mass is 10.2. The molecule has 1 rings (SSSR count). The topological polar surface area (TPSA) is 110 Å². The lowest BCUT2D eigenvalue weighted by Crippen LogP contribution is -2.35.